The maximum Gasteiger partial charge on any atom is 0.175 e. The third-order valence-electron chi connectivity index (χ3n) is 4.68. The largest absolute Gasteiger partial charge is 0.330 e. The molecule has 1 aromatic heterocycles. The van der Waals surface area contributed by atoms with E-state index >= 15 is 0 Å². The maximum atomic E-state index is 6.48. The lowest BCUT2D eigenvalue weighted by Crippen LogP contribution is -2.67. The third kappa shape index (κ3) is 1.52. The van der Waals surface area contributed by atoms with Gasteiger partial charge in [0.1, 0.15) is 0 Å². The van der Waals surface area contributed by atoms with Gasteiger partial charge in [0, 0.05) is 17.9 Å². The van der Waals surface area contributed by atoms with Crippen LogP contribution in [0.2, 0.25) is 0 Å². The van der Waals surface area contributed by atoms with Gasteiger partial charge in [-0.15, -0.1) is 10.2 Å². The van der Waals surface area contributed by atoms with Crippen molar-refractivity contribution < 1.29 is 0 Å². The number of tetrazole rings is 1. The van der Waals surface area contributed by atoms with E-state index in [1.165, 1.54) is 5.57 Å². The van der Waals surface area contributed by atoms with Crippen LogP contribution in [-0.2, 0) is 6.42 Å². The minimum atomic E-state index is -0.0750. The molecule has 3 rings (SSSR count). The van der Waals surface area contributed by atoms with Gasteiger partial charge in [-0.05, 0) is 31.2 Å². The van der Waals surface area contributed by atoms with Crippen molar-refractivity contribution in [3.63, 3.8) is 0 Å². The Morgan fingerprint density at radius 1 is 1.56 bits per heavy atom. The highest BCUT2D eigenvalue weighted by molar-refractivity contribution is 5.33. The molecule has 98 valence electrons. The van der Waals surface area contributed by atoms with Gasteiger partial charge in [-0.3, -0.25) is 0 Å². The van der Waals surface area contributed by atoms with Crippen molar-refractivity contribution in [2.75, 3.05) is 6.54 Å². The van der Waals surface area contributed by atoms with Crippen LogP contribution in [0.15, 0.2) is 11.6 Å². The van der Waals surface area contributed by atoms with Gasteiger partial charge in [0.15, 0.2) is 5.82 Å². The van der Waals surface area contributed by atoms with Gasteiger partial charge in [0.2, 0.25) is 0 Å². The van der Waals surface area contributed by atoms with E-state index in [9.17, 15) is 0 Å². The number of nitrogens with zero attached hydrogens (tertiary/aromatic N) is 3. The predicted octanol–water partition coefficient (Wildman–Crippen LogP) is 0.145. The predicted molar refractivity (Wildman–Crippen MR) is 67.4 cm³/mol. The molecule has 2 aliphatic rings. The van der Waals surface area contributed by atoms with Crippen LogP contribution in [0.4, 0.5) is 0 Å². The molecule has 0 saturated heterocycles. The number of hydrogen-bond acceptors (Lipinski definition) is 5. The maximum absolute atomic E-state index is 6.48. The number of fused-ring (bicyclic) bond motifs is 1. The summed E-state index contributed by atoms with van der Waals surface area (Å²) in [7, 11) is 0. The number of H-pyrrole nitrogens is 1. The number of nitrogens with two attached hydrogens (primary N) is 2. The minimum Gasteiger partial charge on any atom is -0.330 e. The van der Waals surface area contributed by atoms with Crippen LogP contribution >= 0.6 is 0 Å². The molecule has 3 atom stereocenters. The van der Waals surface area contributed by atoms with Crippen LogP contribution in [0.3, 0.4) is 0 Å². The normalized spacial score (nSPS) is 38.2. The Labute approximate surface area is 106 Å². The lowest BCUT2D eigenvalue weighted by molar-refractivity contribution is -0.0180. The minimum absolute atomic E-state index is 0.0234. The van der Waals surface area contributed by atoms with Crippen LogP contribution in [0, 0.1) is 11.3 Å². The summed E-state index contributed by atoms with van der Waals surface area (Å²) in [6.45, 7) is 2.81. The molecule has 2 aliphatic carbocycles. The zero-order valence-electron chi connectivity index (χ0n) is 10.7. The van der Waals surface area contributed by atoms with Crippen molar-refractivity contribution in [2.24, 2.45) is 22.8 Å². The van der Waals surface area contributed by atoms with E-state index < -0.39 is 0 Å². The molecule has 0 radical (unpaired) electrons. The molecule has 0 bridgehead atoms. The first kappa shape index (κ1) is 11.8. The Morgan fingerprint density at radius 2 is 2.39 bits per heavy atom. The molecule has 1 fully saturated rings. The second-order valence-electron chi connectivity index (χ2n) is 5.81. The van der Waals surface area contributed by atoms with Crippen molar-refractivity contribution in [1.82, 2.24) is 20.6 Å². The van der Waals surface area contributed by atoms with Gasteiger partial charge in [-0.25, -0.2) is 0 Å². The standard InChI is InChI=1S/C12H20N6/c1-2-8-3-9-11(7-13,6-12(9,14)4-8)5-10-15-17-18-16-10/h3,9H,2,4-7,13-14H2,1H3,(H,15,16,17,18). The summed E-state index contributed by atoms with van der Waals surface area (Å²) in [4.78, 5) is 0. The average molecular weight is 248 g/mol. The van der Waals surface area contributed by atoms with Crippen molar-refractivity contribution >= 4 is 0 Å². The summed E-state index contributed by atoms with van der Waals surface area (Å²) in [5.74, 6) is 1.10. The van der Waals surface area contributed by atoms with Gasteiger partial charge in [0.05, 0.1) is 0 Å². The van der Waals surface area contributed by atoms with Gasteiger partial charge in [-0.2, -0.15) is 5.21 Å². The molecule has 1 saturated carbocycles. The SMILES string of the molecule is CCC1=CC2C(N)(C1)CC2(CN)Cc1nn[nH]n1. The van der Waals surface area contributed by atoms with Gasteiger partial charge in [0.25, 0.3) is 0 Å². The molecule has 0 aromatic carbocycles. The lowest BCUT2D eigenvalue weighted by Gasteiger charge is -2.58. The Kier molecular flexibility index (Phi) is 2.53. The molecule has 6 heteroatoms. The smallest absolute Gasteiger partial charge is 0.175 e. The topological polar surface area (TPSA) is 107 Å². The van der Waals surface area contributed by atoms with Gasteiger partial charge < -0.3 is 11.5 Å². The first-order valence-electron chi connectivity index (χ1n) is 6.53. The van der Waals surface area contributed by atoms with E-state index in [0.29, 0.717) is 12.5 Å². The average Bonchev–Trinajstić information content (AvgIpc) is 2.94. The van der Waals surface area contributed by atoms with Crippen molar-refractivity contribution in [2.45, 2.75) is 38.1 Å². The fourth-order valence-electron chi connectivity index (χ4n) is 3.85. The van der Waals surface area contributed by atoms with E-state index in [4.69, 9.17) is 11.5 Å². The number of aromatic amines is 1. The van der Waals surface area contributed by atoms with Crippen LogP contribution < -0.4 is 11.5 Å². The van der Waals surface area contributed by atoms with Crippen molar-refractivity contribution in [1.29, 1.82) is 0 Å². The molecular formula is C12H20N6. The second-order valence-corrected chi connectivity index (χ2v) is 5.81. The summed E-state index contributed by atoms with van der Waals surface area (Å²) < 4.78 is 0. The quantitative estimate of drug-likeness (QED) is 0.657. The first-order chi connectivity index (χ1) is 8.62. The van der Waals surface area contributed by atoms with Crippen LogP contribution in [0.5, 0.6) is 0 Å². The summed E-state index contributed by atoms with van der Waals surface area (Å²) in [5.41, 5.74) is 13.9. The van der Waals surface area contributed by atoms with E-state index in [1.54, 1.807) is 0 Å². The molecule has 1 aromatic rings. The third-order valence-corrected chi connectivity index (χ3v) is 4.68. The second kappa shape index (κ2) is 3.86. The Balaban J connectivity index is 1.84. The Bertz CT molecular complexity index is 467. The fourth-order valence-corrected chi connectivity index (χ4v) is 3.85. The highest BCUT2D eigenvalue weighted by Gasteiger charge is 2.62. The fraction of sp³-hybridized carbons (Fsp3) is 0.750. The number of hydrogen-bond donors (Lipinski definition) is 3. The zero-order valence-corrected chi connectivity index (χ0v) is 10.7. The molecule has 5 N–H and O–H groups in total. The molecular weight excluding hydrogens is 228 g/mol. The summed E-state index contributed by atoms with van der Waals surface area (Å²) in [5, 5.41) is 14.2. The van der Waals surface area contributed by atoms with Crippen molar-refractivity contribution in [3.8, 4) is 0 Å². The van der Waals surface area contributed by atoms with Crippen LogP contribution in [-0.4, -0.2) is 32.7 Å². The van der Waals surface area contributed by atoms with Gasteiger partial charge in [-0.1, -0.05) is 23.8 Å². The molecule has 18 heavy (non-hydrogen) atoms. The molecule has 0 spiro atoms. The van der Waals surface area contributed by atoms with E-state index in [-0.39, 0.29) is 11.0 Å². The summed E-state index contributed by atoms with van der Waals surface area (Å²) in [6, 6.07) is 0. The van der Waals surface area contributed by atoms with Gasteiger partial charge >= 0.3 is 0 Å². The lowest BCUT2D eigenvalue weighted by atomic mass is 9.49. The van der Waals surface area contributed by atoms with Crippen molar-refractivity contribution in [3.05, 3.63) is 17.5 Å². The number of aromatic nitrogens is 4. The van der Waals surface area contributed by atoms with Crippen LogP contribution in [0.25, 0.3) is 0 Å². The monoisotopic (exact) mass is 248 g/mol. The number of nitrogens with one attached hydrogen (secondary N) is 1. The Morgan fingerprint density at radius 3 is 3.00 bits per heavy atom. The number of rotatable bonds is 4. The first-order valence-corrected chi connectivity index (χ1v) is 6.53. The highest BCUT2D eigenvalue weighted by Crippen LogP contribution is 2.60. The van der Waals surface area contributed by atoms with E-state index in [2.05, 4.69) is 33.6 Å². The Hall–Kier alpha value is -1.27. The molecule has 0 amide bonds. The van der Waals surface area contributed by atoms with E-state index in [1.807, 2.05) is 0 Å². The summed E-state index contributed by atoms with van der Waals surface area (Å²) >= 11 is 0. The van der Waals surface area contributed by atoms with E-state index in [0.717, 1.165) is 31.5 Å². The molecule has 1 heterocycles. The van der Waals surface area contributed by atoms with Crippen LogP contribution in [0.1, 0.15) is 32.0 Å². The highest BCUT2D eigenvalue weighted by atomic mass is 15.5. The molecule has 0 aliphatic heterocycles. The molecule has 3 unspecified atom stereocenters. The zero-order chi connectivity index (χ0) is 12.8. The summed E-state index contributed by atoms with van der Waals surface area (Å²) in [6.07, 6.45) is 6.16. The molecule has 6 nitrogen and oxygen atoms in total.